The molecule has 0 aliphatic heterocycles. The van der Waals surface area contributed by atoms with Gasteiger partial charge < -0.3 is 9.84 Å². The van der Waals surface area contributed by atoms with E-state index in [-0.39, 0.29) is 0 Å². The quantitative estimate of drug-likeness (QED) is 0.245. The van der Waals surface area contributed by atoms with Gasteiger partial charge in [-0.15, -0.1) is 0 Å². The molecule has 0 spiro atoms. The van der Waals surface area contributed by atoms with E-state index < -0.39 is 17.3 Å². The van der Waals surface area contributed by atoms with Crippen molar-refractivity contribution < 1.29 is 14.6 Å². The Morgan fingerprint density at radius 2 is 0.947 bits per heavy atom. The van der Waals surface area contributed by atoms with Crippen LogP contribution in [0.15, 0.2) is 146 Å². The van der Waals surface area contributed by atoms with Crippen molar-refractivity contribution in [3.63, 3.8) is 0 Å². The highest BCUT2D eigenvalue weighted by Gasteiger charge is 2.58. The lowest BCUT2D eigenvalue weighted by atomic mass is 9.66. The Labute approximate surface area is 223 Å². The molecule has 0 unspecified atom stereocenters. The molecule has 0 fully saturated rings. The molecule has 1 amide bonds. The van der Waals surface area contributed by atoms with E-state index in [0.29, 0.717) is 27.9 Å². The summed E-state index contributed by atoms with van der Waals surface area (Å²) in [6, 6.07) is 45.0. The van der Waals surface area contributed by atoms with Crippen LogP contribution in [-0.2, 0) is 15.9 Å². The summed E-state index contributed by atoms with van der Waals surface area (Å²) in [5.41, 5.74) is 0.633. The topological polar surface area (TPSA) is 58.6 Å². The van der Waals surface area contributed by atoms with Crippen molar-refractivity contribution in [3.05, 3.63) is 173 Å². The third kappa shape index (κ3) is 4.58. The summed E-state index contributed by atoms with van der Waals surface area (Å²) < 4.78 is 6.52. The molecule has 188 valence electrons. The van der Waals surface area contributed by atoms with Crippen LogP contribution >= 0.6 is 0 Å². The second-order valence-electron chi connectivity index (χ2n) is 9.24. The Bertz CT molecular complexity index is 1390. The van der Waals surface area contributed by atoms with Gasteiger partial charge in [-0.2, -0.15) is 0 Å². The summed E-state index contributed by atoms with van der Waals surface area (Å²) in [5, 5.41) is 16.0. The molecule has 0 aliphatic rings. The third-order valence-electron chi connectivity index (χ3n) is 6.80. The van der Waals surface area contributed by atoms with Gasteiger partial charge >= 0.3 is 6.09 Å². The van der Waals surface area contributed by atoms with E-state index in [1.807, 2.05) is 153 Å². The van der Waals surface area contributed by atoms with Gasteiger partial charge in [0.1, 0.15) is 0 Å². The van der Waals surface area contributed by atoms with Crippen LogP contribution < -0.4 is 5.32 Å². The smallest absolute Gasteiger partial charge is 0.412 e. The molecule has 2 N–H and O–H groups in total. The number of carbonyl (C=O) groups is 1. The minimum absolute atomic E-state index is 0.585. The van der Waals surface area contributed by atoms with Gasteiger partial charge in [0, 0.05) is 16.8 Å². The fraction of sp³-hybridized carbons (Fsp3) is 0.0882. The summed E-state index contributed by atoms with van der Waals surface area (Å²) in [7, 11) is 0. The molecule has 4 heteroatoms. The largest absolute Gasteiger partial charge is 0.429 e. The number of anilines is 1. The lowest BCUT2D eigenvalue weighted by Gasteiger charge is -2.47. The van der Waals surface area contributed by atoms with Gasteiger partial charge in [-0.3, -0.25) is 5.32 Å². The first-order chi connectivity index (χ1) is 18.5. The van der Waals surface area contributed by atoms with Crippen LogP contribution in [-0.4, -0.2) is 11.2 Å². The fourth-order valence-corrected chi connectivity index (χ4v) is 4.97. The first-order valence-corrected chi connectivity index (χ1v) is 12.6. The second-order valence-corrected chi connectivity index (χ2v) is 9.24. The number of aryl methyl sites for hydroxylation is 1. The van der Waals surface area contributed by atoms with Crippen molar-refractivity contribution in [2.24, 2.45) is 0 Å². The molecule has 38 heavy (non-hydrogen) atoms. The molecule has 5 aromatic rings. The lowest BCUT2D eigenvalue weighted by molar-refractivity contribution is -0.113. The summed E-state index contributed by atoms with van der Waals surface area (Å²) >= 11 is 0. The number of amides is 1. The highest BCUT2D eigenvalue weighted by atomic mass is 16.6. The molecule has 0 aromatic heterocycles. The molecule has 0 bridgehead atoms. The van der Waals surface area contributed by atoms with Crippen LogP contribution in [0.5, 0.6) is 0 Å². The molecule has 0 saturated carbocycles. The maximum Gasteiger partial charge on any atom is 0.412 e. The van der Waals surface area contributed by atoms with Crippen LogP contribution in [0, 0.1) is 6.92 Å². The summed E-state index contributed by atoms with van der Waals surface area (Å²) in [4.78, 5) is 13.7. The highest BCUT2D eigenvalue weighted by Crippen LogP contribution is 2.52. The zero-order valence-electron chi connectivity index (χ0n) is 21.1. The van der Waals surface area contributed by atoms with Crippen molar-refractivity contribution >= 4 is 11.8 Å². The number of aliphatic hydroxyl groups is 1. The number of carbonyl (C=O) groups excluding carboxylic acids is 1. The van der Waals surface area contributed by atoms with Gasteiger partial charge in [0.25, 0.3) is 0 Å². The monoisotopic (exact) mass is 499 g/mol. The number of benzene rings is 5. The average molecular weight is 500 g/mol. The van der Waals surface area contributed by atoms with Crippen LogP contribution in [0.4, 0.5) is 10.5 Å². The molecule has 0 atom stereocenters. The number of hydrogen-bond donors (Lipinski definition) is 2. The zero-order chi connectivity index (χ0) is 26.4. The van der Waals surface area contributed by atoms with Gasteiger partial charge in [0.05, 0.1) is 0 Å². The Morgan fingerprint density at radius 3 is 1.34 bits per heavy atom. The van der Waals surface area contributed by atoms with Gasteiger partial charge in [0.2, 0.25) is 5.60 Å². The predicted molar refractivity (Wildman–Crippen MR) is 151 cm³/mol. The maximum atomic E-state index is 13.7. The Balaban J connectivity index is 1.79. The number of ether oxygens (including phenoxy) is 1. The van der Waals surface area contributed by atoms with E-state index in [2.05, 4.69) is 5.32 Å². The molecule has 0 radical (unpaired) electrons. The van der Waals surface area contributed by atoms with Crippen molar-refractivity contribution in [1.29, 1.82) is 0 Å². The highest BCUT2D eigenvalue weighted by molar-refractivity contribution is 5.85. The SMILES string of the molecule is Cc1ccc(NC(=O)OC(c2ccccc2)(c2ccccc2)C(O)(c2ccccc2)c2ccccc2)cc1. The standard InChI is InChI=1S/C34H29NO3/c1-26-22-24-31(25-23-26)35-32(36)38-34(29-18-10-4-11-19-29,30-20-12-5-13-21-30)33(37,27-14-6-2-7-15-27)28-16-8-3-9-17-28/h2-25,37H,1H3,(H,35,36). The summed E-state index contributed by atoms with van der Waals surface area (Å²) in [5.74, 6) is 0. The van der Waals surface area contributed by atoms with Crippen LogP contribution in [0.3, 0.4) is 0 Å². The first-order valence-electron chi connectivity index (χ1n) is 12.6. The van der Waals surface area contributed by atoms with E-state index in [9.17, 15) is 9.90 Å². The zero-order valence-corrected chi connectivity index (χ0v) is 21.1. The van der Waals surface area contributed by atoms with Gasteiger partial charge in [0.15, 0.2) is 5.60 Å². The van der Waals surface area contributed by atoms with Crippen molar-refractivity contribution in [1.82, 2.24) is 0 Å². The summed E-state index contributed by atoms with van der Waals surface area (Å²) in [6.07, 6.45) is -0.688. The molecular weight excluding hydrogens is 470 g/mol. The van der Waals surface area contributed by atoms with Crippen LogP contribution in [0.2, 0.25) is 0 Å². The summed E-state index contributed by atoms with van der Waals surface area (Å²) in [6.45, 7) is 1.98. The molecular formula is C34H29NO3. The Morgan fingerprint density at radius 1 is 0.579 bits per heavy atom. The normalized spacial score (nSPS) is 11.5. The van der Waals surface area contributed by atoms with E-state index in [1.54, 1.807) is 0 Å². The lowest BCUT2D eigenvalue weighted by Crippen LogP contribution is -2.54. The Kier molecular flexibility index (Phi) is 7.07. The minimum Gasteiger partial charge on any atom is -0.429 e. The van der Waals surface area contributed by atoms with E-state index in [1.165, 1.54) is 0 Å². The number of hydrogen-bond acceptors (Lipinski definition) is 3. The third-order valence-corrected chi connectivity index (χ3v) is 6.80. The van der Waals surface area contributed by atoms with E-state index in [0.717, 1.165) is 5.56 Å². The van der Waals surface area contributed by atoms with Gasteiger partial charge in [-0.1, -0.05) is 139 Å². The van der Waals surface area contributed by atoms with E-state index in [4.69, 9.17) is 4.74 Å². The molecule has 0 aliphatic carbocycles. The molecule has 5 aromatic carbocycles. The Hall–Kier alpha value is -4.67. The minimum atomic E-state index is -1.80. The number of nitrogens with one attached hydrogen (secondary N) is 1. The van der Waals surface area contributed by atoms with Crippen molar-refractivity contribution in [2.45, 2.75) is 18.1 Å². The van der Waals surface area contributed by atoms with E-state index >= 15 is 0 Å². The predicted octanol–water partition coefficient (Wildman–Crippen LogP) is 7.42. The van der Waals surface area contributed by atoms with Gasteiger partial charge in [-0.05, 0) is 30.2 Å². The van der Waals surface area contributed by atoms with Crippen LogP contribution in [0.25, 0.3) is 0 Å². The average Bonchev–Trinajstić information content (AvgIpc) is 2.98. The molecule has 4 nitrogen and oxygen atoms in total. The van der Waals surface area contributed by atoms with Crippen LogP contribution in [0.1, 0.15) is 27.8 Å². The van der Waals surface area contributed by atoms with Crippen molar-refractivity contribution in [3.8, 4) is 0 Å². The first kappa shape index (κ1) is 25.0. The maximum absolute atomic E-state index is 13.7. The van der Waals surface area contributed by atoms with Crippen molar-refractivity contribution in [2.75, 3.05) is 5.32 Å². The van der Waals surface area contributed by atoms with Gasteiger partial charge in [-0.25, -0.2) is 4.79 Å². The molecule has 5 rings (SSSR count). The number of rotatable bonds is 7. The fourth-order valence-electron chi connectivity index (χ4n) is 4.97. The molecule has 0 heterocycles. The second kappa shape index (κ2) is 10.8. The molecule has 0 saturated heterocycles.